The third-order valence-corrected chi connectivity index (χ3v) is 2.28. The molecule has 0 radical (unpaired) electrons. The summed E-state index contributed by atoms with van der Waals surface area (Å²) in [5.41, 5.74) is 0. The average Bonchev–Trinajstić information content (AvgIpc) is 1.95. The molecule has 1 aliphatic heterocycles. The van der Waals surface area contributed by atoms with Crippen molar-refractivity contribution in [3.8, 4) is 0 Å². The number of likely N-dealkylation sites (tertiary alicyclic amines) is 1. The molecule has 0 amide bonds. The van der Waals surface area contributed by atoms with Crippen molar-refractivity contribution < 1.29 is 4.39 Å². The highest BCUT2D eigenvalue weighted by atomic mass is 19.1. The van der Waals surface area contributed by atoms with E-state index in [2.05, 4.69) is 11.8 Å². The molecule has 1 saturated heterocycles. The molecular weight excluding hydrogens is 129 g/mol. The summed E-state index contributed by atoms with van der Waals surface area (Å²) in [5, 5.41) is 0. The second-order valence-electron chi connectivity index (χ2n) is 3.21. The van der Waals surface area contributed by atoms with Crippen LogP contribution in [0, 0.1) is 5.92 Å². The molecule has 2 heteroatoms. The van der Waals surface area contributed by atoms with Crippen molar-refractivity contribution in [2.24, 2.45) is 5.92 Å². The summed E-state index contributed by atoms with van der Waals surface area (Å²) in [5.74, 6) is 0.857. The number of hydrogen-bond donors (Lipinski definition) is 0. The number of hydrogen-bond acceptors (Lipinski definition) is 1. The summed E-state index contributed by atoms with van der Waals surface area (Å²) >= 11 is 0. The molecule has 0 aromatic carbocycles. The van der Waals surface area contributed by atoms with E-state index in [0.717, 1.165) is 19.0 Å². The Bertz CT molecular complexity index is 87.3. The van der Waals surface area contributed by atoms with Crippen LogP contribution < -0.4 is 0 Å². The van der Waals surface area contributed by atoms with Gasteiger partial charge in [0.05, 0.1) is 0 Å². The van der Waals surface area contributed by atoms with Crippen molar-refractivity contribution in [2.75, 3.05) is 26.3 Å². The predicted octanol–water partition coefficient (Wildman–Crippen LogP) is 1.69. The van der Waals surface area contributed by atoms with Gasteiger partial charge in [0.25, 0.3) is 0 Å². The molecule has 0 N–H and O–H groups in total. The van der Waals surface area contributed by atoms with Gasteiger partial charge in [-0.05, 0) is 31.8 Å². The van der Waals surface area contributed by atoms with E-state index in [9.17, 15) is 4.39 Å². The summed E-state index contributed by atoms with van der Waals surface area (Å²) in [6.07, 6.45) is 2.50. The smallest absolute Gasteiger partial charge is 0.102 e. The van der Waals surface area contributed by atoms with E-state index < -0.39 is 0 Å². The van der Waals surface area contributed by atoms with Crippen LogP contribution in [-0.4, -0.2) is 31.2 Å². The minimum Gasteiger partial charge on any atom is -0.301 e. The zero-order valence-corrected chi connectivity index (χ0v) is 6.65. The Morgan fingerprint density at radius 3 is 2.50 bits per heavy atom. The lowest BCUT2D eigenvalue weighted by atomic mass is 9.99. The number of halogens is 1. The van der Waals surface area contributed by atoms with Crippen molar-refractivity contribution in [1.82, 2.24) is 4.90 Å². The van der Waals surface area contributed by atoms with Crippen LogP contribution in [0.3, 0.4) is 0 Å². The maximum absolute atomic E-state index is 11.8. The highest BCUT2D eigenvalue weighted by Gasteiger charge is 2.14. The molecule has 0 atom stereocenters. The molecule has 1 fully saturated rings. The van der Waals surface area contributed by atoms with Crippen LogP contribution in [0.25, 0.3) is 0 Å². The van der Waals surface area contributed by atoms with E-state index in [1.165, 1.54) is 12.8 Å². The van der Waals surface area contributed by atoms with E-state index >= 15 is 0 Å². The van der Waals surface area contributed by atoms with Gasteiger partial charge in [0, 0.05) is 6.54 Å². The quantitative estimate of drug-likeness (QED) is 0.571. The molecule has 0 bridgehead atoms. The second-order valence-corrected chi connectivity index (χ2v) is 3.21. The van der Waals surface area contributed by atoms with Gasteiger partial charge in [0.2, 0.25) is 0 Å². The Morgan fingerprint density at radius 1 is 1.40 bits per heavy atom. The first-order valence-corrected chi connectivity index (χ1v) is 4.11. The highest BCUT2D eigenvalue weighted by molar-refractivity contribution is 4.68. The standard InChI is InChI=1S/C8H16FN/c1-8-2-5-10(6-3-8)7-4-9/h8H,2-7H2,1H3. The van der Waals surface area contributed by atoms with Crippen molar-refractivity contribution in [2.45, 2.75) is 19.8 Å². The Labute approximate surface area is 62.2 Å². The van der Waals surface area contributed by atoms with Crippen molar-refractivity contribution >= 4 is 0 Å². The van der Waals surface area contributed by atoms with Gasteiger partial charge < -0.3 is 4.90 Å². The lowest BCUT2D eigenvalue weighted by molar-refractivity contribution is 0.180. The second kappa shape index (κ2) is 3.91. The fourth-order valence-electron chi connectivity index (χ4n) is 1.41. The molecule has 1 nitrogen and oxygen atoms in total. The van der Waals surface area contributed by atoms with E-state index in [-0.39, 0.29) is 6.67 Å². The van der Waals surface area contributed by atoms with Gasteiger partial charge >= 0.3 is 0 Å². The average molecular weight is 145 g/mol. The summed E-state index contributed by atoms with van der Waals surface area (Å²) < 4.78 is 11.8. The summed E-state index contributed by atoms with van der Waals surface area (Å²) in [4.78, 5) is 2.21. The SMILES string of the molecule is CC1CCN(CCF)CC1. The van der Waals surface area contributed by atoms with Gasteiger partial charge in [-0.25, -0.2) is 4.39 Å². The Kier molecular flexibility index (Phi) is 3.13. The van der Waals surface area contributed by atoms with Crippen LogP contribution in [0.5, 0.6) is 0 Å². The van der Waals surface area contributed by atoms with Crippen LogP contribution in [-0.2, 0) is 0 Å². The summed E-state index contributed by atoms with van der Waals surface area (Å²) in [6, 6.07) is 0. The number of alkyl halides is 1. The van der Waals surface area contributed by atoms with Gasteiger partial charge in [-0.1, -0.05) is 6.92 Å². The van der Waals surface area contributed by atoms with E-state index in [0.29, 0.717) is 6.54 Å². The zero-order valence-electron chi connectivity index (χ0n) is 6.65. The first kappa shape index (κ1) is 7.99. The van der Waals surface area contributed by atoms with Crippen molar-refractivity contribution in [3.63, 3.8) is 0 Å². The number of piperidine rings is 1. The summed E-state index contributed by atoms with van der Waals surface area (Å²) in [6.45, 7) is 4.93. The van der Waals surface area contributed by atoms with Gasteiger partial charge in [0.15, 0.2) is 0 Å². The van der Waals surface area contributed by atoms with E-state index in [1.54, 1.807) is 0 Å². The molecule has 1 rings (SSSR count). The molecule has 0 saturated carbocycles. The Morgan fingerprint density at radius 2 is 2.00 bits per heavy atom. The maximum Gasteiger partial charge on any atom is 0.102 e. The third kappa shape index (κ3) is 2.25. The lowest BCUT2D eigenvalue weighted by Gasteiger charge is -2.29. The zero-order chi connectivity index (χ0) is 7.40. The fraction of sp³-hybridized carbons (Fsp3) is 1.00. The third-order valence-electron chi connectivity index (χ3n) is 2.28. The molecule has 0 aliphatic carbocycles. The normalized spacial score (nSPS) is 23.4. The van der Waals surface area contributed by atoms with Crippen molar-refractivity contribution in [3.05, 3.63) is 0 Å². The van der Waals surface area contributed by atoms with Crippen molar-refractivity contribution in [1.29, 1.82) is 0 Å². The van der Waals surface area contributed by atoms with Gasteiger partial charge in [-0.2, -0.15) is 0 Å². The van der Waals surface area contributed by atoms with E-state index in [1.807, 2.05) is 0 Å². The Balaban J connectivity index is 2.13. The van der Waals surface area contributed by atoms with Gasteiger partial charge in [0.1, 0.15) is 6.67 Å². The first-order valence-electron chi connectivity index (χ1n) is 4.11. The van der Waals surface area contributed by atoms with Gasteiger partial charge in [-0.3, -0.25) is 0 Å². The van der Waals surface area contributed by atoms with E-state index in [4.69, 9.17) is 0 Å². The van der Waals surface area contributed by atoms with Gasteiger partial charge in [-0.15, -0.1) is 0 Å². The lowest BCUT2D eigenvalue weighted by Crippen LogP contribution is -2.34. The molecule has 60 valence electrons. The summed E-state index contributed by atoms with van der Waals surface area (Å²) in [7, 11) is 0. The molecule has 1 aliphatic rings. The molecule has 0 unspecified atom stereocenters. The first-order chi connectivity index (χ1) is 4.83. The molecular formula is C8H16FN. The number of nitrogens with zero attached hydrogens (tertiary/aromatic N) is 1. The maximum atomic E-state index is 11.8. The van der Waals surface area contributed by atoms with Crippen LogP contribution in [0.1, 0.15) is 19.8 Å². The van der Waals surface area contributed by atoms with Crippen LogP contribution in [0.15, 0.2) is 0 Å². The molecule has 10 heavy (non-hydrogen) atoms. The molecule has 1 heterocycles. The highest BCUT2D eigenvalue weighted by Crippen LogP contribution is 2.15. The Hall–Kier alpha value is -0.110. The largest absolute Gasteiger partial charge is 0.301 e. The van der Waals surface area contributed by atoms with Crippen LogP contribution >= 0.6 is 0 Å². The number of rotatable bonds is 2. The predicted molar refractivity (Wildman–Crippen MR) is 40.8 cm³/mol. The molecule has 0 spiro atoms. The minimum absolute atomic E-state index is 0.186. The minimum atomic E-state index is -0.186. The molecule has 0 aromatic heterocycles. The topological polar surface area (TPSA) is 3.24 Å². The van der Waals surface area contributed by atoms with Crippen LogP contribution in [0.4, 0.5) is 4.39 Å². The monoisotopic (exact) mass is 145 g/mol. The molecule has 0 aromatic rings. The fourth-order valence-corrected chi connectivity index (χ4v) is 1.41. The van der Waals surface area contributed by atoms with Crippen LogP contribution in [0.2, 0.25) is 0 Å².